The molecule has 1 saturated heterocycles. The van der Waals surface area contributed by atoms with Crippen LogP contribution in [-0.4, -0.2) is 30.1 Å². The van der Waals surface area contributed by atoms with E-state index in [0.717, 1.165) is 16.5 Å². The maximum atomic E-state index is 11.9. The molecular formula is C14H15N3O. The first-order valence-corrected chi connectivity index (χ1v) is 6.03. The van der Waals surface area contributed by atoms with Gasteiger partial charge in [-0.3, -0.25) is 0 Å². The van der Waals surface area contributed by atoms with Crippen LogP contribution in [0.4, 0.5) is 10.5 Å². The molecule has 18 heavy (non-hydrogen) atoms. The van der Waals surface area contributed by atoms with Gasteiger partial charge in [0.1, 0.15) is 0 Å². The minimum atomic E-state index is -0.0759. The number of anilines is 1. The Labute approximate surface area is 105 Å². The molecule has 2 aromatic rings. The first-order chi connectivity index (χ1) is 8.74. The summed E-state index contributed by atoms with van der Waals surface area (Å²) in [6.07, 6.45) is 0. The standard InChI is InChI=1S/C14H15N3O/c15-11-8-17(9-11)14(18)16-13-7-3-5-10-4-1-2-6-12(10)13/h1-7,11H,8-9,15H2,(H,16,18). The molecular weight excluding hydrogens is 226 g/mol. The van der Waals surface area contributed by atoms with Crippen molar-refractivity contribution in [3.05, 3.63) is 42.5 Å². The molecule has 4 nitrogen and oxygen atoms in total. The van der Waals surface area contributed by atoms with Crippen LogP contribution in [0.1, 0.15) is 0 Å². The summed E-state index contributed by atoms with van der Waals surface area (Å²) < 4.78 is 0. The second kappa shape index (κ2) is 4.31. The number of carbonyl (C=O) groups excluding carboxylic acids is 1. The van der Waals surface area contributed by atoms with Crippen molar-refractivity contribution in [3.8, 4) is 0 Å². The van der Waals surface area contributed by atoms with Crippen molar-refractivity contribution in [2.75, 3.05) is 18.4 Å². The Morgan fingerprint density at radius 1 is 1.17 bits per heavy atom. The molecule has 0 unspecified atom stereocenters. The predicted octanol–water partition coefficient (Wildman–Crippen LogP) is 2.01. The summed E-state index contributed by atoms with van der Waals surface area (Å²) in [5.41, 5.74) is 6.51. The molecule has 0 aliphatic carbocycles. The zero-order valence-electron chi connectivity index (χ0n) is 9.97. The van der Waals surface area contributed by atoms with E-state index in [4.69, 9.17) is 5.73 Å². The van der Waals surface area contributed by atoms with Gasteiger partial charge in [-0.05, 0) is 11.5 Å². The Bertz CT molecular complexity index is 585. The van der Waals surface area contributed by atoms with Crippen molar-refractivity contribution < 1.29 is 4.79 Å². The van der Waals surface area contributed by atoms with Gasteiger partial charge < -0.3 is 16.0 Å². The highest BCUT2D eigenvalue weighted by Crippen LogP contribution is 2.23. The number of carbonyl (C=O) groups is 1. The molecule has 0 aromatic heterocycles. The Balaban J connectivity index is 1.84. The summed E-state index contributed by atoms with van der Waals surface area (Å²) in [6, 6.07) is 13.9. The molecule has 92 valence electrons. The summed E-state index contributed by atoms with van der Waals surface area (Å²) >= 11 is 0. The van der Waals surface area contributed by atoms with Crippen LogP contribution in [0.2, 0.25) is 0 Å². The lowest BCUT2D eigenvalue weighted by Gasteiger charge is -2.36. The average molecular weight is 241 g/mol. The molecule has 1 aliphatic rings. The molecule has 1 heterocycles. The number of nitrogens with zero attached hydrogens (tertiary/aromatic N) is 1. The topological polar surface area (TPSA) is 58.4 Å². The third-order valence-corrected chi connectivity index (χ3v) is 3.23. The van der Waals surface area contributed by atoms with Gasteiger partial charge in [0.15, 0.2) is 0 Å². The molecule has 0 radical (unpaired) electrons. The molecule has 0 spiro atoms. The van der Waals surface area contributed by atoms with E-state index in [1.54, 1.807) is 4.90 Å². The Morgan fingerprint density at radius 3 is 2.67 bits per heavy atom. The van der Waals surface area contributed by atoms with Crippen molar-refractivity contribution in [1.82, 2.24) is 4.90 Å². The first kappa shape index (κ1) is 11.0. The van der Waals surface area contributed by atoms with Gasteiger partial charge in [0, 0.05) is 24.5 Å². The molecule has 0 saturated carbocycles. The Kier molecular flexibility index (Phi) is 2.64. The Morgan fingerprint density at radius 2 is 1.89 bits per heavy atom. The van der Waals surface area contributed by atoms with E-state index in [0.29, 0.717) is 13.1 Å². The summed E-state index contributed by atoms with van der Waals surface area (Å²) in [5.74, 6) is 0. The third kappa shape index (κ3) is 1.91. The van der Waals surface area contributed by atoms with E-state index in [2.05, 4.69) is 5.32 Å². The highest BCUT2D eigenvalue weighted by Gasteiger charge is 2.27. The van der Waals surface area contributed by atoms with Gasteiger partial charge in [0.05, 0.1) is 5.69 Å². The van der Waals surface area contributed by atoms with Crippen LogP contribution in [-0.2, 0) is 0 Å². The number of hydrogen-bond donors (Lipinski definition) is 2. The van der Waals surface area contributed by atoms with Crippen molar-refractivity contribution in [1.29, 1.82) is 0 Å². The van der Waals surface area contributed by atoms with Crippen LogP contribution in [0.25, 0.3) is 10.8 Å². The lowest BCUT2D eigenvalue weighted by Crippen LogP contribution is -2.58. The number of nitrogens with one attached hydrogen (secondary N) is 1. The SMILES string of the molecule is NC1CN(C(=O)Nc2cccc3ccccc23)C1. The van der Waals surface area contributed by atoms with Gasteiger partial charge in [-0.25, -0.2) is 4.79 Å². The minimum Gasteiger partial charge on any atom is -0.325 e. The molecule has 1 fully saturated rings. The van der Waals surface area contributed by atoms with Gasteiger partial charge in [-0.15, -0.1) is 0 Å². The molecule has 2 amide bonds. The predicted molar refractivity (Wildman–Crippen MR) is 72.5 cm³/mol. The zero-order valence-corrected chi connectivity index (χ0v) is 9.97. The molecule has 0 atom stereocenters. The van der Waals surface area contributed by atoms with E-state index >= 15 is 0 Å². The molecule has 1 aliphatic heterocycles. The average Bonchev–Trinajstić information content (AvgIpc) is 2.35. The number of fused-ring (bicyclic) bond motifs is 1. The first-order valence-electron chi connectivity index (χ1n) is 6.03. The van der Waals surface area contributed by atoms with Crippen LogP contribution < -0.4 is 11.1 Å². The highest BCUT2D eigenvalue weighted by molar-refractivity contribution is 6.01. The van der Waals surface area contributed by atoms with Crippen molar-refractivity contribution >= 4 is 22.5 Å². The monoisotopic (exact) mass is 241 g/mol. The number of rotatable bonds is 1. The van der Waals surface area contributed by atoms with Gasteiger partial charge in [0.2, 0.25) is 0 Å². The van der Waals surface area contributed by atoms with Gasteiger partial charge in [0.25, 0.3) is 0 Å². The highest BCUT2D eigenvalue weighted by atomic mass is 16.2. The lowest BCUT2D eigenvalue weighted by molar-refractivity contribution is 0.165. The molecule has 0 bridgehead atoms. The van der Waals surface area contributed by atoms with Gasteiger partial charge >= 0.3 is 6.03 Å². The quantitative estimate of drug-likeness (QED) is 0.802. The largest absolute Gasteiger partial charge is 0.325 e. The molecule has 4 heteroatoms. The van der Waals surface area contributed by atoms with Crippen LogP contribution in [0.15, 0.2) is 42.5 Å². The number of amides is 2. The van der Waals surface area contributed by atoms with Crippen molar-refractivity contribution in [3.63, 3.8) is 0 Å². The third-order valence-electron chi connectivity index (χ3n) is 3.23. The van der Waals surface area contributed by atoms with Gasteiger partial charge in [-0.1, -0.05) is 36.4 Å². The van der Waals surface area contributed by atoms with Crippen LogP contribution in [0.3, 0.4) is 0 Å². The number of urea groups is 1. The van der Waals surface area contributed by atoms with Crippen molar-refractivity contribution in [2.45, 2.75) is 6.04 Å². The summed E-state index contributed by atoms with van der Waals surface area (Å²) in [4.78, 5) is 13.7. The van der Waals surface area contributed by atoms with Crippen LogP contribution in [0, 0.1) is 0 Å². The van der Waals surface area contributed by atoms with E-state index < -0.39 is 0 Å². The normalized spacial score (nSPS) is 15.5. The van der Waals surface area contributed by atoms with E-state index in [9.17, 15) is 4.79 Å². The smallest absolute Gasteiger partial charge is 0.321 e. The molecule has 3 N–H and O–H groups in total. The number of likely N-dealkylation sites (tertiary alicyclic amines) is 1. The maximum Gasteiger partial charge on any atom is 0.321 e. The number of hydrogen-bond acceptors (Lipinski definition) is 2. The second-order valence-corrected chi connectivity index (χ2v) is 4.62. The lowest BCUT2D eigenvalue weighted by atomic mass is 10.1. The van der Waals surface area contributed by atoms with Gasteiger partial charge in [-0.2, -0.15) is 0 Å². The maximum absolute atomic E-state index is 11.9. The Hall–Kier alpha value is -2.07. The summed E-state index contributed by atoms with van der Waals surface area (Å²) in [7, 11) is 0. The van der Waals surface area contributed by atoms with Crippen LogP contribution >= 0.6 is 0 Å². The second-order valence-electron chi connectivity index (χ2n) is 4.62. The fraction of sp³-hybridized carbons (Fsp3) is 0.214. The molecule has 3 rings (SSSR count). The van der Waals surface area contributed by atoms with E-state index in [1.165, 1.54) is 0 Å². The van der Waals surface area contributed by atoms with Crippen LogP contribution in [0.5, 0.6) is 0 Å². The minimum absolute atomic E-state index is 0.0759. The fourth-order valence-electron chi connectivity index (χ4n) is 2.21. The zero-order chi connectivity index (χ0) is 12.5. The summed E-state index contributed by atoms with van der Waals surface area (Å²) in [6.45, 7) is 1.27. The molecule has 2 aromatic carbocycles. The number of nitrogens with two attached hydrogens (primary N) is 1. The fourth-order valence-corrected chi connectivity index (χ4v) is 2.21. The summed E-state index contributed by atoms with van der Waals surface area (Å²) in [5, 5.41) is 5.11. The van der Waals surface area contributed by atoms with E-state index in [1.807, 2.05) is 42.5 Å². The van der Waals surface area contributed by atoms with E-state index in [-0.39, 0.29) is 12.1 Å². The van der Waals surface area contributed by atoms with Crippen molar-refractivity contribution in [2.24, 2.45) is 5.73 Å². The number of benzene rings is 2.